The summed E-state index contributed by atoms with van der Waals surface area (Å²) in [5.74, 6) is -0.969. The lowest BCUT2D eigenvalue weighted by molar-refractivity contribution is -0.140. The highest BCUT2D eigenvalue weighted by Gasteiger charge is 2.37. The van der Waals surface area contributed by atoms with Gasteiger partial charge in [0.25, 0.3) is 0 Å². The van der Waals surface area contributed by atoms with Crippen LogP contribution in [0.5, 0.6) is 0 Å². The summed E-state index contributed by atoms with van der Waals surface area (Å²) in [6.07, 6.45) is -2.64. The summed E-state index contributed by atoms with van der Waals surface area (Å²) in [5.41, 5.74) is -1.02. The number of alkyl halides is 3. The van der Waals surface area contributed by atoms with Gasteiger partial charge in [-0.3, -0.25) is 0 Å². The number of piperidine rings is 1. The van der Waals surface area contributed by atoms with E-state index in [9.17, 15) is 17.6 Å². The van der Waals surface area contributed by atoms with Crippen molar-refractivity contribution in [3.8, 4) is 0 Å². The number of rotatable bonds is 2. The molecule has 1 heterocycles. The molecule has 0 aliphatic carbocycles. The maximum absolute atomic E-state index is 13.4. The molecule has 100 valence electrons. The van der Waals surface area contributed by atoms with E-state index in [0.29, 0.717) is 6.42 Å². The lowest BCUT2D eigenvalue weighted by Crippen LogP contribution is -2.29. The Morgan fingerprint density at radius 1 is 1.17 bits per heavy atom. The van der Waals surface area contributed by atoms with Crippen LogP contribution < -0.4 is 5.32 Å². The van der Waals surface area contributed by atoms with Gasteiger partial charge in [-0.25, -0.2) is 4.39 Å². The Labute approximate surface area is 103 Å². The Balaban J connectivity index is 2.24. The van der Waals surface area contributed by atoms with Crippen molar-refractivity contribution in [1.82, 2.24) is 5.32 Å². The summed E-state index contributed by atoms with van der Waals surface area (Å²) in [5, 5.41) is 3.16. The number of hydrogen-bond acceptors (Lipinski definition) is 1. The van der Waals surface area contributed by atoms with E-state index < -0.39 is 17.6 Å². The minimum atomic E-state index is -4.62. The second-order valence-electron chi connectivity index (χ2n) is 4.67. The van der Waals surface area contributed by atoms with E-state index in [-0.39, 0.29) is 11.5 Å². The maximum atomic E-state index is 13.4. The fourth-order valence-electron chi connectivity index (χ4n) is 2.45. The number of hydrogen-bond donors (Lipinski definition) is 1. The minimum absolute atomic E-state index is 0.0781. The van der Waals surface area contributed by atoms with Crippen LogP contribution >= 0.6 is 0 Å². The number of benzene rings is 1. The standard InChI is InChI=1S/C13H15F4N/c14-11-3-1-2-10(12(11)13(15,16)17)8-9-4-6-18-7-5-9/h1-3,9,18H,4-8H2. The van der Waals surface area contributed by atoms with Gasteiger partial charge in [0.1, 0.15) is 5.82 Å². The highest BCUT2D eigenvalue weighted by molar-refractivity contribution is 5.31. The van der Waals surface area contributed by atoms with Crippen LogP contribution in [-0.4, -0.2) is 13.1 Å². The van der Waals surface area contributed by atoms with Gasteiger partial charge in [0.05, 0.1) is 5.56 Å². The van der Waals surface area contributed by atoms with Gasteiger partial charge in [-0.05, 0) is 49.9 Å². The predicted molar refractivity (Wildman–Crippen MR) is 60.7 cm³/mol. The molecule has 0 bridgehead atoms. The molecule has 0 spiro atoms. The van der Waals surface area contributed by atoms with Crippen LogP contribution in [0.1, 0.15) is 24.0 Å². The van der Waals surface area contributed by atoms with E-state index in [2.05, 4.69) is 5.32 Å². The van der Waals surface area contributed by atoms with Crippen molar-refractivity contribution in [2.24, 2.45) is 5.92 Å². The summed E-state index contributed by atoms with van der Waals surface area (Å²) < 4.78 is 51.8. The number of nitrogens with one attached hydrogen (secondary N) is 1. The van der Waals surface area contributed by atoms with Crippen LogP contribution in [0, 0.1) is 11.7 Å². The van der Waals surface area contributed by atoms with Gasteiger partial charge in [-0.15, -0.1) is 0 Å². The maximum Gasteiger partial charge on any atom is 0.419 e. The molecule has 18 heavy (non-hydrogen) atoms. The Hall–Kier alpha value is -1.10. The van der Waals surface area contributed by atoms with E-state index >= 15 is 0 Å². The molecule has 1 aliphatic heterocycles. The largest absolute Gasteiger partial charge is 0.419 e. The molecule has 0 aromatic heterocycles. The van der Waals surface area contributed by atoms with E-state index in [0.717, 1.165) is 32.0 Å². The normalized spacial score (nSPS) is 18.0. The molecule has 1 saturated heterocycles. The predicted octanol–water partition coefficient (Wildman–Crippen LogP) is 3.39. The zero-order valence-electron chi connectivity index (χ0n) is 9.86. The van der Waals surface area contributed by atoms with Gasteiger partial charge in [0, 0.05) is 0 Å². The van der Waals surface area contributed by atoms with E-state index in [4.69, 9.17) is 0 Å². The highest BCUT2D eigenvalue weighted by Crippen LogP contribution is 2.35. The first-order valence-corrected chi connectivity index (χ1v) is 6.04. The monoisotopic (exact) mass is 261 g/mol. The van der Waals surface area contributed by atoms with Crippen molar-refractivity contribution in [2.45, 2.75) is 25.4 Å². The molecule has 0 amide bonds. The topological polar surface area (TPSA) is 12.0 Å². The Bertz CT molecular complexity index is 408. The van der Waals surface area contributed by atoms with E-state index in [1.165, 1.54) is 12.1 Å². The van der Waals surface area contributed by atoms with Crippen LogP contribution in [0.15, 0.2) is 18.2 Å². The first-order chi connectivity index (χ1) is 8.48. The third-order valence-electron chi connectivity index (χ3n) is 3.35. The van der Waals surface area contributed by atoms with Gasteiger partial charge < -0.3 is 5.32 Å². The fraction of sp³-hybridized carbons (Fsp3) is 0.538. The van der Waals surface area contributed by atoms with Crippen LogP contribution in [0.2, 0.25) is 0 Å². The summed E-state index contributed by atoms with van der Waals surface area (Å²) >= 11 is 0. The minimum Gasteiger partial charge on any atom is -0.317 e. The summed E-state index contributed by atoms with van der Waals surface area (Å²) in [4.78, 5) is 0. The fourth-order valence-corrected chi connectivity index (χ4v) is 2.45. The van der Waals surface area contributed by atoms with Gasteiger partial charge >= 0.3 is 6.18 Å². The van der Waals surface area contributed by atoms with Crippen LogP contribution in [0.25, 0.3) is 0 Å². The molecule has 1 fully saturated rings. The van der Waals surface area contributed by atoms with E-state index in [1.54, 1.807) is 0 Å². The molecule has 1 aromatic rings. The van der Waals surface area contributed by atoms with Crippen LogP contribution in [-0.2, 0) is 12.6 Å². The van der Waals surface area contributed by atoms with Crippen LogP contribution in [0.3, 0.4) is 0 Å². The van der Waals surface area contributed by atoms with E-state index in [1.807, 2.05) is 0 Å². The Kier molecular flexibility index (Phi) is 3.90. The molecular formula is C13H15F4N. The lowest BCUT2D eigenvalue weighted by atomic mass is 9.89. The molecule has 0 saturated carbocycles. The van der Waals surface area contributed by atoms with Gasteiger partial charge in [-0.1, -0.05) is 12.1 Å². The second-order valence-corrected chi connectivity index (χ2v) is 4.67. The molecule has 2 rings (SSSR count). The smallest absolute Gasteiger partial charge is 0.317 e. The number of halogens is 4. The van der Waals surface area contributed by atoms with Crippen molar-refractivity contribution in [2.75, 3.05) is 13.1 Å². The quantitative estimate of drug-likeness (QED) is 0.805. The molecule has 1 aromatic carbocycles. The Morgan fingerprint density at radius 2 is 1.83 bits per heavy atom. The molecule has 5 heteroatoms. The summed E-state index contributed by atoms with van der Waals surface area (Å²) in [6, 6.07) is 3.60. The van der Waals surface area contributed by atoms with Crippen molar-refractivity contribution in [3.63, 3.8) is 0 Å². The average molecular weight is 261 g/mol. The SMILES string of the molecule is Fc1cccc(CC2CCNCC2)c1C(F)(F)F. The first-order valence-electron chi connectivity index (χ1n) is 6.04. The third kappa shape index (κ3) is 3.02. The molecular weight excluding hydrogens is 246 g/mol. The van der Waals surface area contributed by atoms with Crippen LogP contribution in [0.4, 0.5) is 17.6 Å². The van der Waals surface area contributed by atoms with Crippen molar-refractivity contribution >= 4 is 0 Å². The highest BCUT2D eigenvalue weighted by atomic mass is 19.4. The zero-order chi connectivity index (χ0) is 13.2. The Morgan fingerprint density at radius 3 is 2.44 bits per heavy atom. The molecule has 1 nitrogen and oxygen atoms in total. The molecule has 1 aliphatic rings. The zero-order valence-corrected chi connectivity index (χ0v) is 9.86. The van der Waals surface area contributed by atoms with Crippen molar-refractivity contribution in [3.05, 3.63) is 35.1 Å². The molecule has 0 radical (unpaired) electrons. The average Bonchev–Trinajstić information content (AvgIpc) is 2.28. The molecule has 0 atom stereocenters. The van der Waals surface area contributed by atoms with Gasteiger partial charge in [0.2, 0.25) is 0 Å². The lowest BCUT2D eigenvalue weighted by Gasteiger charge is -2.24. The molecule has 0 unspecified atom stereocenters. The van der Waals surface area contributed by atoms with Gasteiger partial charge in [0.15, 0.2) is 0 Å². The second kappa shape index (κ2) is 5.26. The summed E-state index contributed by atoms with van der Waals surface area (Å²) in [6.45, 7) is 1.64. The van der Waals surface area contributed by atoms with Gasteiger partial charge in [-0.2, -0.15) is 13.2 Å². The third-order valence-corrected chi connectivity index (χ3v) is 3.35. The summed E-state index contributed by atoms with van der Waals surface area (Å²) in [7, 11) is 0. The first kappa shape index (κ1) is 13.3. The van der Waals surface area contributed by atoms with Crippen molar-refractivity contribution in [1.29, 1.82) is 0 Å². The van der Waals surface area contributed by atoms with Crippen molar-refractivity contribution < 1.29 is 17.6 Å². The molecule has 1 N–H and O–H groups in total.